The zero-order chi connectivity index (χ0) is 15.2. The number of amides is 1. The van der Waals surface area contributed by atoms with Crippen LogP contribution in [0.5, 0.6) is 0 Å². The Morgan fingerprint density at radius 1 is 1.40 bits per heavy atom. The van der Waals surface area contributed by atoms with Gasteiger partial charge in [0.05, 0.1) is 20.3 Å². The number of nitrogens with zero attached hydrogens (tertiary/aromatic N) is 1. The minimum Gasteiger partial charge on any atom is -0.452 e. The molecule has 0 spiro atoms. The van der Waals surface area contributed by atoms with Crippen LogP contribution in [-0.2, 0) is 23.1 Å². The molecule has 8 heteroatoms. The fourth-order valence-corrected chi connectivity index (χ4v) is 3.63. The number of ether oxygens (including phenoxy) is 1. The second-order valence-corrected chi connectivity index (χ2v) is 5.94. The summed E-state index contributed by atoms with van der Waals surface area (Å²) in [5.74, 6) is 0. The van der Waals surface area contributed by atoms with E-state index in [9.17, 15) is 14.2 Å². The second-order valence-electron chi connectivity index (χ2n) is 3.79. The van der Waals surface area contributed by atoms with Crippen molar-refractivity contribution in [2.24, 2.45) is 0 Å². The maximum atomic E-state index is 12.7. The quantitative estimate of drug-likeness (QED) is 0.553. The first-order valence-electron chi connectivity index (χ1n) is 6.12. The zero-order valence-corrected chi connectivity index (χ0v) is 12.5. The van der Waals surface area contributed by atoms with Crippen LogP contribution in [0.3, 0.4) is 0 Å². The lowest BCUT2D eigenvalue weighted by atomic mass is 10.2. The normalized spacial score (nSPS) is 18.6. The van der Waals surface area contributed by atoms with Crippen LogP contribution in [-0.4, -0.2) is 43.3 Å². The van der Waals surface area contributed by atoms with Gasteiger partial charge in [0.25, 0.3) is 0 Å². The SMILES string of the molecule is CCOP(=O)(OCC)[C@H]1C=CN(C(=O)OC)C=C1C=O. The van der Waals surface area contributed by atoms with Crippen molar-refractivity contribution in [1.29, 1.82) is 0 Å². The molecular weight excluding hydrogens is 285 g/mol. The van der Waals surface area contributed by atoms with Crippen LogP contribution in [0.2, 0.25) is 0 Å². The number of hydrogen-bond donors (Lipinski definition) is 0. The van der Waals surface area contributed by atoms with E-state index in [2.05, 4.69) is 4.74 Å². The molecule has 0 N–H and O–H groups in total. The number of hydrogen-bond acceptors (Lipinski definition) is 6. The van der Waals surface area contributed by atoms with Gasteiger partial charge in [0.1, 0.15) is 11.9 Å². The highest BCUT2D eigenvalue weighted by molar-refractivity contribution is 7.55. The molecule has 1 atom stereocenters. The first kappa shape index (κ1) is 16.6. The summed E-state index contributed by atoms with van der Waals surface area (Å²) in [6, 6.07) is 0. The number of methoxy groups -OCH3 is 1. The second kappa shape index (κ2) is 7.38. The predicted molar refractivity (Wildman–Crippen MR) is 72.2 cm³/mol. The molecule has 1 aliphatic heterocycles. The van der Waals surface area contributed by atoms with Crippen molar-refractivity contribution in [2.75, 3.05) is 20.3 Å². The number of aldehydes is 1. The van der Waals surface area contributed by atoms with Gasteiger partial charge in [-0.1, -0.05) is 0 Å². The molecule has 112 valence electrons. The Hall–Kier alpha value is -1.43. The Balaban J connectivity index is 3.07. The van der Waals surface area contributed by atoms with Crippen LogP contribution < -0.4 is 0 Å². The lowest BCUT2D eigenvalue weighted by molar-refractivity contribution is -0.105. The summed E-state index contributed by atoms with van der Waals surface area (Å²) in [7, 11) is -2.27. The third-order valence-electron chi connectivity index (χ3n) is 2.54. The van der Waals surface area contributed by atoms with Gasteiger partial charge in [-0.05, 0) is 19.9 Å². The highest BCUT2D eigenvalue weighted by Crippen LogP contribution is 2.56. The molecule has 0 aromatic rings. The van der Waals surface area contributed by atoms with Gasteiger partial charge in [0, 0.05) is 18.0 Å². The summed E-state index contributed by atoms with van der Waals surface area (Å²) in [6.07, 6.45) is 3.94. The van der Waals surface area contributed by atoms with E-state index in [-0.39, 0.29) is 18.8 Å². The molecule has 20 heavy (non-hydrogen) atoms. The Bertz CT molecular complexity index is 463. The van der Waals surface area contributed by atoms with Crippen LogP contribution in [0.4, 0.5) is 4.79 Å². The van der Waals surface area contributed by atoms with Crippen molar-refractivity contribution in [1.82, 2.24) is 4.90 Å². The van der Waals surface area contributed by atoms with E-state index in [4.69, 9.17) is 9.05 Å². The summed E-state index contributed by atoms with van der Waals surface area (Å²) in [4.78, 5) is 23.7. The van der Waals surface area contributed by atoms with Crippen LogP contribution in [0.1, 0.15) is 13.8 Å². The van der Waals surface area contributed by atoms with Crippen LogP contribution in [0, 0.1) is 0 Å². The fraction of sp³-hybridized carbons (Fsp3) is 0.500. The standard InChI is InChI=1S/C12H18NO6P/c1-4-18-20(16,19-5-2)11-6-7-13(12(15)17-3)8-10(11)9-14/h6-9,11H,4-5H2,1-3H3/t11-/m0/s1. The van der Waals surface area contributed by atoms with Crippen LogP contribution >= 0.6 is 7.60 Å². The monoisotopic (exact) mass is 303 g/mol. The maximum absolute atomic E-state index is 12.7. The molecule has 7 nitrogen and oxygen atoms in total. The predicted octanol–water partition coefficient (Wildman–Crippen LogP) is 2.30. The molecule has 0 saturated heterocycles. The van der Waals surface area contributed by atoms with Gasteiger partial charge in [-0.25, -0.2) is 4.79 Å². The first-order valence-corrected chi connectivity index (χ1v) is 7.73. The summed E-state index contributed by atoms with van der Waals surface area (Å²) in [6.45, 7) is 3.75. The van der Waals surface area contributed by atoms with E-state index in [1.54, 1.807) is 13.8 Å². The average Bonchev–Trinajstić information content (AvgIpc) is 2.46. The van der Waals surface area contributed by atoms with Gasteiger partial charge in [-0.15, -0.1) is 0 Å². The van der Waals surface area contributed by atoms with Gasteiger partial charge in [0.2, 0.25) is 0 Å². The Kier molecular flexibility index (Phi) is 6.13. The van der Waals surface area contributed by atoms with Crippen LogP contribution in [0.25, 0.3) is 0 Å². The van der Waals surface area contributed by atoms with Gasteiger partial charge < -0.3 is 13.8 Å². The molecule has 0 radical (unpaired) electrons. The molecule has 0 aliphatic carbocycles. The molecule has 0 unspecified atom stereocenters. The first-order chi connectivity index (χ1) is 9.52. The highest BCUT2D eigenvalue weighted by Gasteiger charge is 2.38. The van der Waals surface area contributed by atoms with E-state index in [0.29, 0.717) is 6.29 Å². The molecular formula is C12H18NO6P. The Morgan fingerprint density at radius 2 is 2.00 bits per heavy atom. The lowest BCUT2D eigenvalue weighted by Gasteiger charge is -2.28. The third-order valence-corrected chi connectivity index (χ3v) is 4.93. The molecule has 1 heterocycles. The van der Waals surface area contributed by atoms with Crippen molar-refractivity contribution in [3.63, 3.8) is 0 Å². The smallest absolute Gasteiger partial charge is 0.417 e. The molecule has 1 amide bonds. The summed E-state index contributed by atoms with van der Waals surface area (Å²) in [5, 5.41) is 0. The van der Waals surface area contributed by atoms with Gasteiger partial charge in [0.15, 0.2) is 0 Å². The number of rotatable bonds is 6. The van der Waals surface area contributed by atoms with E-state index < -0.39 is 19.3 Å². The molecule has 0 fully saturated rings. The molecule has 0 bridgehead atoms. The number of carbonyl (C=O) groups is 2. The van der Waals surface area contributed by atoms with Crippen molar-refractivity contribution in [3.8, 4) is 0 Å². The largest absolute Gasteiger partial charge is 0.452 e. The third kappa shape index (κ3) is 3.56. The van der Waals surface area contributed by atoms with E-state index in [1.807, 2.05) is 0 Å². The van der Waals surface area contributed by atoms with Crippen molar-refractivity contribution >= 4 is 20.0 Å². The maximum Gasteiger partial charge on any atom is 0.417 e. The van der Waals surface area contributed by atoms with Gasteiger partial charge >= 0.3 is 13.7 Å². The van der Waals surface area contributed by atoms with Crippen molar-refractivity contribution < 1.29 is 27.9 Å². The Morgan fingerprint density at radius 3 is 2.45 bits per heavy atom. The minimum atomic E-state index is -3.50. The number of allylic oxidation sites excluding steroid dienone is 2. The van der Waals surface area contributed by atoms with Crippen molar-refractivity contribution in [2.45, 2.75) is 19.5 Å². The van der Waals surface area contributed by atoms with Crippen molar-refractivity contribution in [3.05, 3.63) is 24.0 Å². The zero-order valence-electron chi connectivity index (χ0n) is 11.6. The molecule has 1 aliphatic rings. The lowest BCUT2D eigenvalue weighted by Crippen LogP contribution is -2.27. The van der Waals surface area contributed by atoms with Crippen LogP contribution in [0.15, 0.2) is 24.0 Å². The molecule has 0 aromatic carbocycles. The summed E-state index contributed by atoms with van der Waals surface area (Å²) >= 11 is 0. The molecule has 1 rings (SSSR count). The fourth-order valence-electron chi connectivity index (χ4n) is 1.73. The Labute approximate surface area is 117 Å². The number of carbonyl (C=O) groups excluding carboxylic acids is 2. The minimum absolute atomic E-state index is 0.128. The molecule has 0 aromatic heterocycles. The van der Waals surface area contributed by atoms with E-state index in [0.717, 1.165) is 4.90 Å². The van der Waals surface area contributed by atoms with E-state index in [1.165, 1.54) is 25.6 Å². The highest BCUT2D eigenvalue weighted by atomic mass is 31.2. The van der Waals surface area contributed by atoms with Gasteiger partial charge in [-0.3, -0.25) is 14.3 Å². The summed E-state index contributed by atoms with van der Waals surface area (Å²) in [5.41, 5.74) is -0.705. The molecule has 0 saturated carbocycles. The topological polar surface area (TPSA) is 82.1 Å². The van der Waals surface area contributed by atoms with Gasteiger partial charge in [-0.2, -0.15) is 0 Å². The average molecular weight is 303 g/mol. The summed E-state index contributed by atoms with van der Waals surface area (Å²) < 4.78 is 27.6. The van der Waals surface area contributed by atoms with E-state index >= 15 is 0 Å².